The summed E-state index contributed by atoms with van der Waals surface area (Å²) in [5.41, 5.74) is -4.05. The lowest BCUT2D eigenvalue weighted by Crippen LogP contribution is -2.61. The number of hydrogen-bond acceptors (Lipinski definition) is 21. The number of amides is 1. The van der Waals surface area contributed by atoms with Crippen LogP contribution in [0.4, 0.5) is 25.0 Å². The molecule has 11 atom stereocenters. The van der Waals surface area contributed by atoms with Crippen molar-refractivity contribution in [1.29, 1.82) is 0 Å². The molecule has 2 aromatic heterocycles. The minimum atomic E-state index is -1.89. The van der Waals surface area contributed by atoms with Gasteiger partial charge in [-0.3, -0.25) is 28.8 Å². The molecule has 3 N–H and O–H groups in total. The van der Waals surface area contributed by atoms with Gasteiger partial charge in [0, 0.05) is 80.0 Å². The van der Waals surface area contributed by atoms with Gasteiger partial charge in [-0.05, 0) is 138 Å². The van der Waals surface area contributed by atoms with E-state index in [2.05, 4.69) is 5.32 Å². The van der Waals surface area contributed by atoms with Crippen LogP contribution in [0.15, 0.2) is 57.9 Å². The van der Waals surface area contributed by atoms with E-state index in [1.165, 1.54) is 37.6 Å². The number of hydrogen-bond donors (Lipinski definition) is 3. The molecule has 0 bridgehead atoms. The monoisotopic (exact) mass is 1330 g/mol. The quantitative estimate of drug-likeness (QED) is 0.0519. The Balaban J connectivity index is 0.584. The molecule has 6 aliphatic carbocycles. The van der Waals surface area contributed by atoms with Gasteiger partial charge in [-0.25, -0.2) is 23.2 Å². The van der Waals surface area contributed by atoms with Crippen molar-refractivity contribution in [1.82, 2.24) is 19.4 Å². The number of halogens is 2. The van der Waals surface area contributed by atoms with E-state index in [0.717, 1.165) is 49.9 Å². The Hall–Kier alpha value is -8.23. The molecule has 1 amide bonds. The van der Waals surface area contributed by atoms with Gasteiger partial charge in [0.05, 0.1) is 61.0 Å². The van der Waals surface area contributed by atoms with E-state index in [9.17, 15) is 53.4 Å². The maximum atomic E-state index is 16.8. The van der Waals surface area contributed by atoms with Gasteiger partial charge in [-0.15, -0.1) is 0 Å². The predicted molar refractivity (Wildman–Crippen MR) is 339 cm³/mol. The first kappa shape index (κ1) is 65.1. The minimum Gasteiger partial charge on any atom is -0.492 e. The smallest absolute Gasteiger partial charge is 0.412 e. The lowest BCUT2D eigenvalue weighted by Gasteiger charge is -2.59. The molecule has 4 unspecified atom stereocenters. The molecule has 96 heavy (non-hydrogen) atoms. The number of carbonyl (C=O) groups excluding carboxylic acids is 7. The van der Waals surface area contributed by atoms with Gasteiger partial charge in [0.2, 0.25) is 30.2 Å². The van der Waals surface area contributed by atoms with E-state index in [1.54, 1.807) is 20.1 Å². The first-order valence-electron chi connectivity index (χ1n) is 33.7. The predicted octanol–water partition coefficient (Wildman–Crippen LogP) is 6.88. The summed E-state index contributed by atoms with van der Waals surface area (Å²) in [6, 6.07) is 1.61. The molecule has 9 fully saturated rings. The summed E-state index contributed by atoms with van der Waals surface area (Å²) in [6.45, 7) is 4.05. The van der Waals surface area contributed by atoms with Crippen molar-refractivity contribution in [2.24, 2.45) is 40.4 Å². The van der Waals surface area contributed by atoms with Crippen molar-refractivity contribution in [3.05, 3.63) is 91.5 Å². The summed E-state index contributed by atoms with van der Waals surface area (Å²) < 4.78 is 74.9. The lowest BCUT2D eigenvalue weighted by molar-refractivity contribution is -0.181. The normalized spacial score (nSPS) is 29.6. The molecule has 24 nitrogen and oxygen atoms in total. The average molecular weight is 1330 g/mol. The van der Waals surface area contributed by atoms with Crippen LogP contribution in [-0.2, 0) is 42.9 Å². The number of methoxy groups -OCH3 is 2. The lowest BCUT2D eigenvalue weighted by atomic mass is 9.46. The third-order valence-corrected chi connectivity index (χ3v) is 23.2. The van der Waals surface area contributed by atoms with Crippen molar-refractivity contribution in [2.45, 2.75) is 146 Å². The molecular formula is C70H80F2N6O18. The second kappa shape index (κ2) is 25.0. The van der Waals surface area contributed by atoms with Crippen molar-refractivity contribution >= 4 is 74.7 Å². The number of aliphatic hydroxyl groups excluding tert-OH is 1. The largest absolute Gasteiger partial charge is 0.492 e. The van der Waals surface area contributed by atoms with E-state index in [-0.39, 0.29) is 125 Å². The maximum Gasteiger partial charge on any atom is 0.412 e. The average Bonchev–Trinajstić information content (AvgIpc) is 1.67. The maximum absolute atomic E-state index is 16.8. The van der Waals surface area contributed by atoms with Gasteiger partial charge >= 0.3 is 30.0 Å². The number of aliphatic hydroxyl groups is 2. The summed E-state index contributed by atoms with van der Waals surface area (Å²) in [6.07, 6.45) is 13.3. The second-order valence-electron chi connectivity index (χ2n) is 28.4. The number of ketones is 2. The highest BCUT2D eigenvalue weighted by atomic mass is 19.1. The van der Waals surface area contributed by atoms with E-state index < -0.39 is 125 Å². The van der Waals surface area contributed by atoms with Crippen LogP contribution in [0.2, 0.25) is 0 Å². The molecule has 5 saturated carbocycles. The highest BCUT2D eigenvalue weighted by Gasteiger charge is 2.68. The molecule has 10 aliphatic rings. The summed E-state index contributed by atoms with van der Waals surface area (Å²) in [5, 5.41) is 27.1. The molecule has 4 saturated heterocycles. The summed E-state index contributed by atoms with van der Waals surface area (Å²) in [5.74, 6) is -6.39. The number of rotatable bonds is 18. The number of fused-ring (bicyclic) bond motifs is 9. The number of anilines is 2. The number of carbonyl (C=O) groups is 7. The van der Waals surface area contributed by atoms with Crippen LogP contribution in [0.25, 0.3) is 21.8 Å². The van der Waals surface area contributed by atoms with Crippen LogP contribution in [0, 0.1) is 52.1 Å². The standard InChI is InChI=1S/C70H80F2N6O18/c1-68-19-17-41(79)23-38(68)9-14-42-47-18-20-70(89,69(47,2)26-52(80)56(42)68)53(81)33-92-54(82)15-16-55(83)93-34-94-65(86)45-29-78(40-12-13-40)58-44(61(45)84)25-49(72)60(64(58)91-4)75-28-37-8-6-22-76(51(37)32-75)67(88)96-35-95-66(87)46-30-77(39-10-11-39)57-43(62(46)85)24-48(71)59(63(57)90-3)74-27-36-7-5-21-73-50(36)31-74/h17,19,23-25,29-30,36-37,39-40,42,47,50-52,56,73,80,89H,5-16,18,20-22,26-28,31-35H2,1-4H3/t36?,37?,42-,47-,50?,51?,52-,56+,68-,69-,70-/m0/s1. The van der Waals surface area contributed by atoms with Gasteiger partial charge < -0.3 is 72.5 Å². The van der Waals surface area contributed by atoms with Gasteiger partial charge in [0.15, 0.2) is 35.5 Å². The molecule has 0 spiro atoms. The Morgan fingerprint density at radius 1 is 0.698 bits per heavy atom. The Morgan fingerprint density at radius 2 is 1.28 bits per heavy atom. The molecule has 512 valence electrons. The van der Waals surface area contributed by atoms with Crippen LogP contribution in [-0.4, -0.2) is 163 Å². The van der Waals surface area contributed by atoms with Crippen LogP contribution in [0.1, 0.15) is 143 Å². The van der Waals surface area contributed by atoms with Crippen molar-refractivity contribution in [3.8, 4) is 11.5 Å². The second-order valence-corrected chi connectivity index (χ2v) is 28.4. The third-order valence-electron chi connectivity index (χ3n) is 23.2. The van der Waals surface area contributed by atoms with Gasteiger partial charge in [-0.2, -0.15) is 0 Å². The molecular weight excluding hydrogens is 1250 g/mol. The van der Waals surface area contributed by atoms with Crippen LogP contribution in [0.5, 0.6) is 11.5 Å². The number of pyridine rings is 2. The van der Waals surface area contributed by atoms with Crippen LogP contribution < -0.4 is 35.4 Å². The molecule has 14 rings (SSSR count). The zero-order valence-corrected chi connectivity index (χ0v) is 54.2. The van der Waals surface area contributed by atoms with Crippen molar-refractivity contribution < 1.29 is 85.7 Å². The number of likely N-dealkylation sites (tertiary alicyclic amines) is 1. The Kier molecular flexibility index (Phi) is 17.0. The Morgan fingerprint density at radius 3 is 1.89 bits per heavy atom. The zero-order chi connectivity index (χ0) is 67.4. The van der Waals surface area contributed by atoms with Crippen LogP contribution in [0.3, 0.4) is 0 Å². The van der Waals surface area contributed by atoms with E-state index in [4.69, 9.17) is 33.2 Å². The highest BCUT2D eigenvalue weighted by molar-refractivity contribution is 6.02. The highest BCUT2D eigenvalue weighted by Crippen LogP contribution is 2.67. The number of piperidine rings is 2. The number of benzene rings is 2. The number of esters is 4. The number of allylic oxidation sites excluding steroid dienone is 4. The number of ether oxygens (including phenoxy) is 7. The Bertz CT molecular complexity index is 4110. The first-order valence-corrected chi connectivity index (χ1v) is 33.7. The van der Waals surface area contributed by atoms with E-state index in [1.807, 2.05) is 24.8 Å². The van der Waals surface area contributed by atoms with E-state index in [0.29, 0.717) is 69.5 Å². The van der Waals surface area contributed by atoms with E-state index >= 15 is 8.78 Å². The molecule has 4 aromatic rings. The molecule has 2 aromatic carbocycles. The van der Waals surface area contributed by atoms with Gasteiger partial charge in [-0.1, -0.05) is 25.5 Å². The number of aromatic nitrogens is 2. The van der Waals surface area contributed by atoms with Crippen molar-refractivity contribution in [3.63, 3.8) is 0 Å². The Labute approximate surface area is 550 Å². The molecule has 6 heterocycles. The topological polar surface area (TPSA) is 290 Å². The first-order chi connectivity index (χ1) is 46.0. The molecule has 4 aliphatic heterocycles. The minimum absolute atomic E-state index is 0.0194. The summed E-state index contributed by atoms with van der Waals surface area (Å²) in [4.78, 5) is 126. The third kappa shape index (κ3) is 11.1. The number of Topliss-reactive ketones (excluding diaryl/α,β-unsaturated/α-hetero) is 1. The fourth-order valence-corrected chi connectivity index (χ4v) is 18.2. The fraction of sp³-hybridized carbons (Fsp3) is 0.586. The SMILES string of the molecule is COc1c(N2CC3CCCNC3C2)c(F)cc2c(=O)c(C(=O)OCOC(=O)N3CCCC4CN(c5c(F)cc6c(=O)c(C(=O)OCOC(=O)CCC(=O)OCC(=O)[C@@]7(O)CC[C@H]8[C@@H]9CCC%10=CC(=O)C=C[C@]%10(C)[C@H]9[C@@H](O)C[C@@]87C)cn(C7CC7)c6c5OC)CC43)cn(C3CC3)c12. The van der Waals surface area contributed by atoms with Crippen molar-refractivity contribution in [2.75, 3.05) is 83.5 Å². The van der Waals surface area contributed by atoms with Gasteiger partial charge in [0.1, 0.15) is 28.1 Å². The van der Waals surface area contributed by atoms with Gasteiger partial charge in [0.25, 0.3) is 0 Å². The molecule has 26 heteroatoms. The summed E-state index contributed by atoms with van der Waals surface area (Å²) in [7, 11) is 2.78. The van der Waals surface area contributed by atoms with Crippen LogP contribution >= 0.6 is 0 Å². The zero-order valence-electron chi connectivity index (χ0n) is 54.2. The molecule has 0 radical (unpaired) electrons. The fourth-order valence-electron chi connectivity index (χ4n) is 18.2. The number of nitrogens with zero attached hydrogens (tertiary/aromatic N) is 5. The summed E-state index contributed by atoms with van der Waals surface area (Å²) >= 11 is 0. The number of nitrogens with one attached hydrogen (secondary N) is 1.